The quantitative estimate of drug-likeness (QED) is 0.830. The first-order valence-electron chi connectivity index (χ1n) is 8.73. The predicted octanol–water partition coefficient (Wildman–Crippen LogP) is 2.53. The minimum absolute atomic E-state index is 0.0447. The average Bonchev–Trinajstić information content (AvgIpc) is 3.20. The van der Waals surface area contributed by atoms with Crippen molar-refractivity contribution in [2.45, 2.75) is 38.3 Å². The molecule has 1 saturated carbocycles. The van der Waals surface area contributed by atoms with Crippen LogP contribution < -0.4 is 5.32 Å². The molecule has 2 aromatic rings. The summed E-state index contributed by atoms with van der Waals surface area (Å²) in [5.41, 5.74) is 1.69. The summed E-state index contributed by atoms with van der Waals surface area (Å²) in [5, 5.41) is 3.89. The molecule has 1 atom stereocenters. The molecule has 1 saturated heterocycles. The Morgan fingerprint density at radius 1 is 1.21 bits per heavy atom. The molecular weight excluding hydrogens is 304 g/mol. The van der Waals surface area contributed by atoms with Crippen LogP contribution in [0.25, 0.3) is 10.9 Å². The highest BCUT2D eigenvalue weighted by atomic mass is 16.5. The van der Waals surface area contributed by atoms with Crippen molar-refractivity contribution in [1.29, 1.82) is 0 Å². The zero-order valence-corrected chi connectivity index (χ0v) is 13.7. The Labute approximate surface area is 141 Å². The summed E-state index contributed by atoms with van der Waals surface area (Å²) in [7, 11) is 0. The fraction of sp³-hybridized carbons (Fsp3) is 0.474. The Bertz CT molecular complexity index is 770. The fourth-order valence-corrected chi connectivity index (χ4v) is 3.38. The summed E-state index contributed by atoms with van der Waals surface area (Å²) in [4.78, 5) is 24.8. The van der Waals surface area contributed by atoms with E-state index in [2.05, 4.69) is 5.32 Å². The summed E-state index contributed by atoms with van der Waals surface area (Å²) in [6.07, 6.45) is 6.03. The molecular formula is C19H22N2O3. The topological polar surface area (TPSA) is 60.3 Å². The van der Waals surface area contributed by atoms with Gasteiger partial charge >= 0.3 is 0 Å². The third kappa shape index (κ3) is 3.08. The Morgan fingerprint density at radius 2 is 2.04 bits per heavy atom. The van der Waals surface area contributed by atoms with Gasteiger partial charge in [-0.1, -0.05) is 18.2 Å². The van der Waals surface area contributed by atoms with Crippen LogP contribution in [0.1, 0.15) is 36.0 Å². The molecule has 24 heavy (non-hydrogen) atoms. The number of hydrogen-bond donors (Lipinski definition) is 1. The maximum absolute atomic E-state index is 12.5. The van der Waals surface area contributed by atoms with Gasteiger partial charge in [0.25, 0.3) is 0 Å². The van der Waals surface area contributed by atoms with Crippen molar-refractivity contribution in [3.8, 4) is 0 Å². The van der Waals surface area contributed by atoms with Crippen LogP contribution in [0.15, 0.2) is 30.5 Å². The minimum Gasteiger partial charge on any atom is -0.376 e. The minimum atomic E-state index is -0.0447. The van der Waals surface area contributed by atoms with Crippen molar-refractivity contribution in [3.05, 3.63) is 36.0 Å². The lowest BCUT2D eigenvalue weighted by Crippen LogP contribution is -2.34. The normalized spacial score (nSPS) is 20.4. The number of Topliss-reactive ketones (excluding diaryl/α,β-unsaturated/α-hetero) is 1. The van der Waals surface area contributed by atoms with Gasteiger partial charge in [-0.2, -0.15) is 0 Å². The van der Waals surface area contributed by atoms with Crippen LogP contribution in [0.3, 0.4) is 0 Å². The van der Waals surface area contributed by atoms with Gasteiger partial charge in [-0.3, -0.25) is 9.59 Å². The summed E-state index contributed by atoms with van der Waals surface area (Å²) in [5.74, 6) is 0.346. The number of carbonyl (C=O) groups is 2. The molecule has 1 aliphatic carbocycles. The van der Waals surface area contributed by atoms with Crippen LogP contribution in [0.5, 0.6) is 0 Å². The second kappa shape index (κ2) is 6.40. The van der Waals surface area contributed by atoms with Crippen molar-refractivity contribution < 1.29 is 14.3 Å². The lowest BCUT2D eigenvalue weighted by Gasteiger charge is -2.11. The summed E-state index contributed by atoms with van der Waals surface area (Å²) < 4.78 is 7.41. The van der Waals surface area contributed by atoms with E-state index in [0.29, 0.717) is 6.54 Å². The number of nitrogens with one attached hydrogen (secondary N) is 1. The number of para-hydroxylation sites is 1. The highest BCUT2D eigenvalue weighted by Crippen LogP contribution is 2.35. The molecule has 0 radical (unpaired) electrons. The van der Waals surface area contributed by atoms with Gasteiger partial charge in [-0.15, -0.1) is 0 Å². The van der Waals surface area contributed by atoms with Crippen molar-refractivity contribution >= 4 is 22.6 Å². The highest BCUT2D eigenvalue weighted by molar-refractivity contribution is 6.10. The zero-order chi connectivity index (χ0) is 16.5. The lowest BCUT2D eigenvalue weighted by molar-refractivity contribution is -0.122. The van der Waals surface area contributed by atoms with Gasteiger partial charge in [0, 0.05) is 41.7 Å². The fourth-order valence-electron chi connectivity index (χ4n) is 3.38. The van der Waals surface area contributed by atoms with Gasteiger partial charge < -0.3 is 14.6 Å². The molecule has 2 heterocycles. The molecule has 1 aromatic carbocycles. The average molecular weight is 326 g/mol. The van der Waals surface area contributed by atoms with Gasteiger partial charge in [0.05, 0.1) is 6.10 Å². The van der Waals surface area contributed by atoms with Gasteiger partial charge in [-0.05, 0) is 31.7 Å². The number of amides is 1. The molecule has 4 rings (SSSR count). The van der Waals surface area contributed by atoms with Gasteiger partial charge in [-0.25, -0.2) is 0 Å². The third-order valence-corrected chi connectivity index (χ3v) is 4.87. The van der Waals surface area contributed by atoms with Crippen molar-refractivity contribution in [2.75, 3.05) is 13.2 Å². The molecule has 1 N–H and O–H groups in total. The molecule has 1 amide bonds. The number of aromatic nitrogens is 1. The molecule has 0 unspecified atom stereocenters. The largest absolute Gasteiger partial charge is 0.376 e. The van der Waals surface area contributed by atoms with E-state index < -0.39 is 0 Å². The number of ketones is 1. The molecule has 2 fully saturated rings. The molecule has 1 aromatic heterocycles. The highest BCUT2D eigenvalue weighted by Gasteiger charge is 2.32. The number of carbonyl (C=O) groups excluding carboxylic acids is 2. The predicted molar refractivity (Wildman–Crippen MR) is 91.0 cm³/mol. The standard InChI is InChI=1S/C19H22N2O3/c22-18(20-10-14-4-3-9-24-14)12-21-11-16(19(23)13-7-8-13)15-5-1-2-6-17(15)21/h1-2,5-6,11,13-14H,3-4,7-10,12H2,(H,20,22)/t14-/m0/s1. The number of hydrogen-bond acceptors (Lipinski definition) is 3. The lowest BCUT2D eigenvalue weighted by atomic mass is 10.1. The van der Waals surface area contributed by atoms with Crippen LogP contribution in [0.4, 0.5) is 0 Å². The Balaban J connectivity index is 1.50. The summed E-state index contributed by atoms with van der Waals surface area (Å²) in [6, 6.07) is 7.81. The second-order valence-electron chi connectivity index (χ2n) is 6.77. The molecule has 5 heteroatoms. The maximum atomic E-state index is 12.5. The number of fused-ring (bicyclic) bond motifs is 1. The van der Waals surface area contributed by atoms with Gasteiger partial charge in [0.1, 0.15) is 6.54 Å². The van der Waals surface area contributed by atoms with Crippen molar-refractivity contribution in [1.82, 2.24) is 9.88 Å². The Kier molecular flexibility index (Phi) is 4.10. The van der Waals surface area contributed by atoms with Crippen LogP contribution in [-0.4, -0.2) is 35.5 Å². The maximum Gasteiger partial charge on any atom is 0.240 e. The molecule has 1 aliphatic heterocycles. The summed E-state index contributed by atoms with van der Waals surface area (Å²) in [6.45, 7) is 1.58. The van der Waals surface area contributed by atoms with E-state index in [1.54, 1.807) is 0 Å². The van der Waals surface area contributed by atoms with Gasteiger partial charge in [0.15, 0.2) is 5.78 Å². The van der Waals surface area contributed by atoms with Crippen molar-refractivity contribution in [2.24, 2.45) is 5.92 Å². The number of rotatable bonds is 6. The molecule has 5 nitrogen and oxygen atoms in total. The van der Waals surface area contributed by atoms with E-state index in [1.807, 2.05) is 35.0 Å². The molecule has 2 aliphatic rings. The Hall–Kier alpha value is -2.14. The van der Waals surface area contributed by atoms with E-state index >= 15 is 0 Å². The Morgan fingerprint density at radius 3 is 2.79 bits per heavy atom. The molecule has 126 valence electrons. The number of nitrogens with zero attached hydrogens (tertiary/aromatic N) is 1. The van der Waals surface area contributed by atoms with Gasteiger partial charge in [0.2, 0.25) is 5.91 Å². The van der Waals surface area contributed by atoms with Crippen LogP contribution in [0, 0.1) is 5.92 Å². The number of benzene rings is 1. The van der Waals surface area contributed by atoms with E-state index in [-0.39, 0.29) is 30.3 Å². The SMILES string of the molecule is O=C(Cn1cc(C(=O)C2CC2)c2ccccc21)NC[C@@H]1CCCO1. The first kappa shape index (κ1) is 15.4. The molecule has 0 spiro atoms. The smallest absolute Gasteiger partial charge is 0.240 e. The van der Waals surface area contributed by atoms with Crippen LogP contribution in [0.2, 0.25) is 0 Å². The second-order valence-corrected chi connectivity index (χ2v) is 6.77. The van der Waals surface area contributed by atoms with E-state index in [9.17, 15) is 9.59 Å². The van der Waals surface area contributed by atoms with Crippen LogP contribution in [-0.2, 0) is 16.1 Å². The monoisotopic (exact) mass is 326 g/mol. The first-order valence-corrected chi connectivity index (χ1v) is 8.73. The van der Waals surface area contributed by atoms with E-state index in [0.717, 1.165) is 48.8 Å². The zero-order valence-electron chi connectivity index (χ0n) is 13.7. The summed E-state index contributed by atoms with van der Waals surface area (Å²) >= 11 is 0. The van der Waals surface area contributed by atoms with Crippen LogP contribution >= 0.6 is 0 Å². The van der Waals surface area contributed by atoms with E-state index in [4.69, 9.17) is 4.74 Å². The number of ether oxygens (including phenoxy) is 1. The van der Waals surface area contributed by atoms with E-state index in [1.165, 1.54) is 0 Å². The molecule has 0 bridgehead atoms. The first-order chi connectivity index (χ1) is 11.7. The van der Waals surface area contributed by atoms with Crippen molar-refractivity contribution in [3.63, 3.8) is 0 Å². The third-order valence-electron chi connectivity index (χ3n) is 4.87.